The number of hydrogen-bond donors (Lipinski definition) is 1. The Labute approximate surface area is 123 Å². The number of thioether (sulfide) groups is 1. The maximum Gasteiger partial charge on any atom is 0.292 e. The van der Waals surface area contributed by atoms with Gasteiger partial charge in [0, 0.05) is 21.2 Å². The molecule has 0 heterocycles. The number of hydrogen-bond acceptors (Lipinski definition) is 4. The second-order valence-corrected chi connectivity index (χ2v) is 5.82. The molecule has 19 heavy (non-hydrogen) atoms. The Hall–Kier alpha value is -1.53. The first-order valence-electron chi connectivity index (χ1n) is 5.48. The number of nitro benzene ring substituents is 1. The molecule has 0 radical (unpaired) electrons. The number of anilines is 1. The zero-order chi connectivity index (χ0) is 13.8. The minimum absolute atomic E-state index is 0.0349. The van der Waals surface area contributed by atoms with Crippen molar-refractivity contribution in [1.29, 1.82) is 0 Å². The van der Waals surface area contributed by atoms with Crippen LogP contribution in [0.1, 0.15) is 5.56 Å². The van der Waals surface area contributed by atoms with Crippen LogP contribution in [0.15, 0.2) is 51.8 Å². The molecule has 0 aliphatic heterocycles. The van der Waals surface area contributed by atoms with E-state index < -0.39 is 4.92 Å². The normalized spacial score (nSPS) is 10.4. The van der Waals surface area contributed by atoms with Gasteiger partial charge in [0.1, 0.15) is 5.69 Å². The molecule has 0 saturated heterocycles. The molecule has 2 aromatic rings. The summed E-state index contributed by atoms with van der Waals surface area (Å²) in [7, 11) is 0. The van der Waals surface area contributed by atoms with Crippen LogP contribution < -0.4 is 5.73 Å². The van der Waals surface area contributed by atoms with Crippen LogP contribution in [0, 0.1) is 10.1 Å². The summed E-state index contributed by atoms with van der Waals surface area (Å²) in [5.74, 6) is 0.601. The van der Waals surface area contributed by atoms with Crippen molar-refractivity contribution in [3.8, 4) is 0 Å². The number of nitro groups is 1. The number of nitrogens with two attached hydrogens (primary N) is 1. The second kappa shape index (κ2) is 6.08. The predicted molar refractivity (Wildman–Crippen MR) is 81.2 cm³/mol. The summed E-state index contributed by atoms with van der Waals surface area (Å²) < 4.78 is 1.00. The fourth-order valence-electron chi connectivity index (χ4n) is 1.60. The third-order valence-electron chi connectivity index (χ3n) is 2.56. The minimum atomic E-state index is -0.456. The molecule has 0 unspecified atom stereocenters. The molecule has 4 nitrogen and oxygen atoms in total. The number of rotatable bonds is 4. The maximum absolute atomic E-state index is 10.8. The number of para-hydroxylation sites is 1. The zero-order valence-corrected chi connectivity index (χ0v) is 12.3. The fourth-order valence-corrected chi connectivity index (χ4v) is 3.11. The largest absolute Gasteiger partial charge is 0.393 e. The van der Waals surface area contributed by atoms with E-state index in [1.807, 2.05) is 30.3 Å². The average Bonchev–Trinajstić information content (AvgIpc) is 2.37. The SMILES string of the molecule is Nc1c(CSc2cccc(Br)c2)cccc1[N+](=O)[O-]. The lowest BCUT2D eigenvalue weighted by molar-refractivity contribution is -0.383. The highest BCUT2D eigenvalue weighted by Gasteiger charge is 2.14. The van der Waals surface area contributed by atoms with Gasteiger partial charge in [-0.15, -0.1) is 11.8 Å². The first kappa shape index (κ1) is 13.9. The standard InChI is InChI=1S/C13H11BrN2O2S/c14-10-4-2-5-11(7-10)19-8-9-3-1-6-12(13(9)15)16(17)18/h1-7H,8,15H2. The van der Waals surface area contributed by atoms with Crippen molar-refractivity contribution in [3.63, 3.8) is 0 Å². The molecule has 0 bridgehead atoms. The van der Waals surface area contributed by atoms with Gasteiger partial charge >= 0.3 is 0 Å². The van der Waals surface area contributed by atoms with Gasteiger partial charge in [0.25, 0.3) is 5.69 Å². The number of benzene rings is 2. The van der Waals surface area contributed by atoms with E-state index in [1.165, 1.54) is 6.07 Å². The maximum atomic E-state index is 10.8. The van der Waals surface area contributed by atoms with Gasteiger partial charge in [-0.1, -0.05) is 34.1 Å². The lowest BCUT2D eigenvalue weighted by Crippen LogP contribution is -1.99. The van der Waals surface area contributed by atoms with Gasteiger partial charge in [-0.3, -0.25) is 10.1 Å². The van der Waals surface area contributed by atoms with E-state index in [4.69, 9.17) is 5.73 Å². The topological polar surface area (TPSA) is 69.2 Å². The van der Waals surface area contributed by atoms with Crippen LogP contribution >= 0.6 is 27.7 Å². The van der Waals surface area contributed by atoms with E-state index in [0.717, 1.165) is 14.9 Å². The third-order valence-corrected chi connectivity index (χ3v) is 4.10. The molecule has 0 aliphatic rings. The summed E-state index contributed by atoms with van der Waals surface area (Å²) in [4.78, 5) is 11.4. The monoisotopic (exact) mass is 338 g/mol. The molecule has 2 N–H and O–H groups in total. The Morgan fingerprint density at radius 3 is 2.68 bits per heavy atom. The molecule has 98 valence electrons. The third kappa shape index (κ3) is 3.48. The lowest BCUT2D eigenvalue weighted by Gasteiger charge is -2.06. The summed E-state index contributed by atoms with van der Waals surface area (Å²) in [5.41, 5.74) is 6.80. The minimum Gasteiger partial charge on any atom is -0.393 e. The highest BCUT2D eigenvalue weighted by atomic mass is 79.9. The Bertz CT molecular complexity index is 619. The Morgan fingerprint density at radius 1 is 1.26 bits per heavy atom. The van der Waals surface area contributed by atoms with Crippen molar-refractivity contribution in [3.05, 3.63) is 62.6 Å². The van der Waals surface area contributed by atoms with Gasteiger partial charge in [0.2, 0.25) is 0 Å². The Morgan fingerprint density at radius 2 is 2.00 bits per heavy atom. The van der Waals surface area contributed by atoms with Gasteiger partial charge in [0.15, 0.2) is 0 Å². The van der Waals surface area contributed by atoms with Gasteiger partial charge in [0.05, 0.1) is 4.92 Å². The molecule has 0 spiro atoms. The van der Waals surface area contributed by atoms with E-state index >= 15 is 0 Å². The molecule has 0 fully saturated rings. The van der Waals surface area contributed by atoms with E-state index in [-0.39, 0.29) is 11.4 Å². The fraction of sp³-hybridized carbons (Fsp3) is 0.0769. The summed E-state index contributed by atoms with van der Waals surface area (Å²) in [6.07, 6.45) is 0. The van der Waals surface area contributed by atoms with E-state index in [0.29, 0.717) is 5.75 Å². The molecule has 2 aromatic carbocycles. The first-order valence-corrected chi connectivity index (χ1v) is 7.26. The van der Waals surface area contributed by atoms with Crippen LogP contribution in [-0.2, 0) is 5.75 Å². The number of halogens is 1. The van der Waals surface area contributed by atoms with E-state index in [2.05, 4.69) is 15.9 Å². The van der Waals surface area contributed by atoms with Crippen LogP contribution in [0.5, 0.6) is 0 Å². The van der Waals surface area contributed by atoms with Crippen molar-refractivity contribution >= 4 is 39.1 Å². The Balaban J connectivity index is 2.16. The zero-order valence-electron chi connectivity index (χ0n) is 9.88. The summed E-state index contributed by atoms with van der Waals surface area (Å²) in [5, 5.41) is 10.8. The van der Waals surface area contributed by atoms with Crippen molar-refractivity contribution in [2.45, 2.75) is 10.6 Å². The summed E-state index contributed by atoms with van der Waals surface area (Å²) in [6.45, 7) is 0. The van der Waals surface area contributed by atoms with Crippen LogP contribution in [0.3, 0.4) is 0 Å². The van der Waals surface area contributed by atoms with Crippen molar-refractivity contribution in [1.82, 2.24) is 0 Å². The number of nitrogens with zero attached hydrogens (tertiary/aromatic N) is 1. The molecule has 0 saturated carbocycles. The molecule has 2 rings (SSSR count). The highest BCUT2D eigenvalue weighted by molar-refractivity contribution is 9.10. The molecule has 0 atom stereocenters. The van der Waals surface area contributed by atoms with Crippen LogP contribution in [0.25, 0.3) is 0 Å². The van der Waals surface area contributed by atoms with Crippen molar-refractivity contribution < 1.29 is 4.92 Å². The van der Waals surface area contributed by atoms with Gasteiger partial charge < -0.3 is 5.73 Å². The van der Waals surface area contributed by atoms with Gasteiger partial charge in [-0.25, -0.2) is 0 Å². The predicted octanol–water partition coefficient (Wildman–Crippen LogP) is 4.23. The molecular weight excluding hydrogens is 328 g/mol. The first-order chi connectivity index (χ1) is 9.08. The molecule has 0 aromatic heterocycles. The van der Waals surface area contributed by atoms with Crippen LogP contribution in [0.2, 0.25) is 0 Å². The van der Waals surface area contributed by atoms with Crippen LogP contribution in [-0.4, -0.2) is 4.92 Å². The molecule has 6 heteroatoms. The molecule has 0 amide bonds. The highest BCUT2D eigenvalue weighted by Crippen LogP contribution is 2.31. The smallest absolute Gasteiger partial charge is 0.292 e. The van der Waals surface area contributed by atoms with Gasteiger partial charge in [-0.05, 0) is 23.8 Å². The second-order valence-electron chi connectivity index (χ2n) is 3.85. The lowest BCUT2D eigenvalue weighted by atomic mass is 10.2. The van der Waals surface area contributed by atoms with Gasteiger partial charge in [-0.2, -0.15) is 0 Å². The van der Waals surface area contributed by atoms with Crippen LogP contribution in [0.4, 0.5) is 11.4 Å². The molecule has 0 aliphatic carbocycles. The van der Waals surface area contributed by atoms with E-state index in [1.54, 1.807) is 17.8 Å². The summed E-state index contributed by atoms with van der Waals surface area (Å²) >= 11 is 5.00. The van der Waals surface area contributed by atoms with Crippen molar-refractivity contribution in [2.75, 3.05) is 5.73 Å². The quantitative estimate of drug-likeness (QED) is 0.392. The summed E-state index contributed by atoms with van der Waals surface area (Å²) in [6, 6.07) is 12.8. The van der Waals surface area contributed by atoms with E-state index in [9.17, 15) is 10.1 Å². The number of nitrogen functional groups attached to an aromatic ring is 1. The van der Waals surface area contributed by atoms with Crippen molar-refractivity contribution in [2.24, 2.45) is 0 Å². The Kier molecular flexibility index (Phi) is 4.44. The average molecular weight is 339 g/mol. The molecular formula is C13H11BrN2O2S.